The number of alkyl halides is 1. The summed E-state index contributed by atoms with van der Waals surface area (Å²) < 4.78 is 42.0. The van der Waals surface area contributed by atoms with E-state index >= 15 is 0 Å². The highest BCUT2D eigenvalue weighted by Crippen LogP contribution is 2.35. The van der Waals surface area contributed by atoms with Gasteiger partial charge >= 0.3 is 0 Å². The molecule has 12 heteroatoms. The molecule has 1 aliphatic heterocycles. The Morgan fingerprint density at radius 2 is 1.85 bits per heavy atom. The lowest BCUT2D eigenvalue weighted by Crippen LogP contribution is -2.40. The summed E-state index contributed by atoms with van der Waals surface area (Å²) in [5, 5.41) is 11.4. The predicted octanol–water partition coefficient (Wildman–Crippen LogP) is 2.92. The molecular weight excluding hydrogens is 463 g/mol. The normalized spacial score (nSPS) is 13.3. The van der Waals surface area contributed by atoms with Gasteiger partial charge in [0.2, 0.25) is 16.0 Å². The number of aryl methyl sites for hydroxylation is 2. The van der Waals surface area contributed by atoms with Gasteiger partial charge in [0.25, 0.3) is 5.91 Å². The average molecular weight is 487 g/mol. The second-order valence-electron chi connectivity index (χ2n) is 7.71. The number of carbonyl (C=O) groups is 1. The molecule has 0 atom stereocenters. The molecule has 0 saturated carbocycles. The third kappa shape index (κ3) is 4.92. The third-order valence-corrected chi connectivity index (χ3v) is 6.25. The van der Waals surface area contributed by atoms with Crippen LogP contribution in [0.3, 0.4) is 0 Å². The number of rotatable bonds is 7. The van der Waals surface area contributed by atoms with Gasteiger partial charge in [0.1, 0.15) is 18.2 Å². The van der Waals surface area contributed by atoms with Crippen LogP contribution in [-0.2, 0) is 14.8 Å². The summed E-state index contributed by atoms with van der Waals surface area (Å²) >= 11 is 0. The van der Waals surface area contributed by atoms with E-state index in [0.717, 1.165) is 5.56 Å². The van der Waals surface area contributed by atoms with Crippen LogP contribution in [0, 0.1) is 13.8 Å². The predicted molar refractivity (Wildman–Crippen MR) is 126 cm³/mol. The molecule has 34 heavy (non-hydrogen) atoms. The molecule has 0 saturated heterocycles. The summed E-state index contributed by atoms with van der Waals surface area (Å²) in [6, 6.07) is 9.90. The fourth-order valence-corrected chi connectivity index (χ4v) is 4.30. The molecular formula is C22H23FN6O4S. The number of ether oxygens (including phenoxy) is 1. The Labute approximate surface area is 196 Å². The second-order valence-corrected chi connectivity index (χ2v) is 9.24. The Bertz CT molecular complexity index is 1370. The fourth-order valence-electron chi connectivity index (χ4n) is 3.49. The van der Waals surface area contributed by atoms with Crippen molar-refractivity contribution in [2.45, 2.75) is 18.7 Å². The van der Waals surface area contributed by atoms with Gasteiger partial charge in [-0.05, 0) is 49.7 Å². The molecule has 3 aromatic rings. The lowest BCUT2D eigenvalue weighted by Gasteiger charge is -2.29. The lowest BCUT2D eigenvalue weighted by molar-refractivity contribution is -0.121. The highest BCUT2D eigenvalue weighted by molar-refractivity contribution is 7.89. The van der Waals surface area contributed by atoms with E-state index in [1.165, 1.54) is 11.0 Å². The van der Waals surface area contributed by atoms with E-state index in [-0.39, 0.29) is 29.9 Å². The van der Waals surface area contributed by atoms with Crippen molar-refractivity contribution < 1.29 is 22.3 Å². The maximum atomic E-state index is 13.0. The van der Waals surface area contributed by atoms with Gasteiger partial charge in [-0.15, -0.1) is 0 Å². The SMILES string of the molecule is Cc1ccc(Nc2ncc(C)c(Nc3ccc4c(c3)N(CCF)C(=O)CO4)n2)cc1S(N)(=O)=O. The first kappa shape index (κ1) is 23.4. The van der Waals surface area contributed by atoms with E-state index in [4.69, 9.17) is 9.88 Å². The van der Waals surface area contributed by atoms with Crippen LogP contribution in [0.5, 0.6) is 5.75 Å². The zero-order valence-electron chi connectivity index (χ0n) is 18.5. The van der Waals surface area contributed by atoms with E-state index in [1.807, 2.05) is 6.92 Å². The maximum Gasteiger partial charge on any atom is 0.265 e. The van der Waals surface area contributed by atoms with Gasteiger partial charge in [-0.2, -0.15) is 4.98 Å². The van der Waals surface area contributed by atoms with Crippen molar-refractivity contribution in [3.8, 4) is 5.75 Å². The Hall–Kier alpha value is -3.77. The average Bonchev–Trinajstić information content (AvgIpc) is 2.78. The molecule has 1 aromatic heterocycles. The number of hydrogen-bond acceptors (Lipinski definition) is 8. The van der Waals surface area contributed by atoms with Crippen LogP contribution < -0.4 is 25.4 Å². The van der Waals surface area contributed by atoms with Crippen LogP contribution in [0.1, 0.15) is 11.1 Å². The zero-order chi connectivity index (χ0) is 24.5. The van der Waals surface area contributed by atoms with Gasteiger partial charge in [-0.3, -0.25) is 4.79 Å². The molecule has 1 aliphatic rings. The summed E-state index contributed by atoms with van der Waals surface area (Å²) in [7, 11) is -3.88. The molecule has 4 rings (SSSR count). The Morgan fingerprint density at radius 3 is 2.59 bits per heavy atom. The highest BCUT2D eigenvalue weighted by Gasteiger charge is 2.25. The number of halogens is 1. The number of nitrogens with zero attached hydrogens (tertiary/aromatic N) is 3. The van der Waals surface area contributed by atoms with Crippen LogP contribution in [0.2, 0.25) is 0 Å². The maximum absolute atomic E-state index is 13.0. The van der Waals surface area contributed by atoms with E-state index in [2.05, 4.69) is 20.6 Å². The zero-order valence-corrected chi connectivity index (χ0v) is 19.3. The van der Waals surface area contributed by atoms with E-state index < -0.39 is 16.7 Å². The van der Waals surface area contributed by atoms with Gasteiger partial charge in [0.05, 0.1) is 17.1 Å². The molecule has 0 unspecified atom stereocenters. The van der Waals surface area contributed by atoms with E-state index in [1.54, 1.807) is 43.5 Å². The number of sulfonamides is 1. The van der Waals surface area contributed by atoms with Crippen molar-refractivity contribution in [1.82, 2.24) is 9.97 Å². The van der Waals surface area contributed by atoms with Crippen molar-refractivity contribution in [3.05, 3.63) is 53.7 Å². The number of nitrogens with two attached hydrogens (primary N) is 1. The molecule has 2 heterocycles. The highest BCUT2D eigenvalue weighted by atomic mass is 32.2. The topological polar surface area (TPSA) is 140 Å². The largest absolute Gasteiger partial charge is 0.482 e. The number of nitrogens with one attached hydrogen (secondary N) is 2. The quantitative estimate of drug-likeness (QED) is 0.463. The molecule has 0 aliphatic carbocycles. The number of amides is 1. The van der Waals surface area contributed by atoms with Crippen LogP contribution >= 0.6 is 0 Å². The fraction of sp³-hybridized carbons (Fsp3) is 0.227. The van der Waals surface area contributed by atoms with Crippen LogP contribution in [0.25, 0.3) is 0 Å². The van der Waals surface area contributed by atoms with Gasteiger partial charge in [0, 0.05) is 23.1 Å². The van der Waals surface area contributed by atoms with Gasteiger partial charge in [0.15, 0.2) is 6.61 Å². The monoisotopic (exact) mass is 486 g/mol. The van der Waals surface area contributed by atoms with Crippen LogP contribution in [0.4, 0.5) is 33.2 Å². The molecule has 0 bridgehead atoms. The van der Waals surface area contributed by atoms with Crippen molar-refractivity contribution in [2.75, 3.05) is 35.4 Å². The Morgan fingerprint density at radius 1 is 1.12 bits per heavy atom. The molecule has 0 fully saturated rings. The minimum absolute atomic E-state index is 0.00613. The van der Waals surface area contributed by atoms with Crippen molar-refractivity contribution >= 4 is 44.8 Å². The number of fused-ring (bicyclic) bond motifs is 1. The third-order valence-electron chi connectivity index (χ3n) is 5.20. The van der Waals surface area contributed by atoms with Gasteiger partial charge in [-0.1, -0.05) is 6.07 Å². The van der Waals surface area contributed by atoms with Crippen molar-refractivity contribution in [1.29, 1.82) is 0 Å². The number of anilines is 5. The first-order valence-electron chi connectivity index (χ1n) is 10.3. The molecule has 1 amide bonds. The first-order chi connectivity index (χ1) is 16.2. The Balaban J connectivity index is 1.60. The summed E-state index contributed by atoms with van der Waals surface area (Å²) in [5.41, 5.74) is 2.80. The number of benzene rings is 2. The van der Waals surface area contributed by atoms with Crippen molar-refractivity contribution in [3.63, 3.8) is 0 Å². The smallest absolute Gasteiger partial charge is 0.265 e. The standard InChI is InChI=1S/C22H23FN6O4S/c1-13-3-4-16(10-19(13)34(24,31)32)27-22-25-11-14(2)21(28-22)26-15-5-6-18-17(9-15)29(8-7-23)20(30)12-33-18/h3-6,9-11H,7-8,12H2,1-2H3,(H2,24,31,32)(H2,25,26,27,28). The van der Waals surface area contributed by atoms with E-state index in [0.29, 0.717) is 34.2 Å². The molecule has 0 spiro atoms. The number of primary sulfonamides is 1. The second kappa shape index (κ2) is 9.23. The molecule has 10 nitrogen and oxygen atoms in total. The lowest BCUT2D eigenvalue weighted by atomic mass is 10.2. The Kier molecular flexibility index (Phi) is 6.35. The molecule has 4 N–H and O–H groups in total. The number of carbonyl (C=O) groups excluding carboxylic acids is 1. The van der Waals surface area contributed by atoms with Crippen LogP contribution in [-0.4, -0.2) is 44.1 Å². The summed E-state index contributed by atoms with van der Waals surface area (Å²) in [6.07, 6.45) is 1.60. The molecule has 0 radical (unpaired) electrons. The molecule has 178 valence electrons. The minimum Gasteiger partial charge on any atom is -0.482 e. The minimum atomic E-state index is -3.88. The first-order valence-corrected chi connectivity index (χ1v) is 11.8. The van der Waals surface area contributed by atoms with Gasteiger partial charge in [-0.25, -0.2) is 22.9 Å². The molecule has 2 aromatic carbocycles. The summed E-state index contributed by atoms with van der Waals surface area (Å²) in [6.45, 7) is 2.61. The van der Waals surface area contributed by atoms with Gasteiger partial charge < -0.3 is 20.3 Å². The summed E-state index contributed by atoms with van der Waals surface area (Å²) in [4.78, 5) is 22.2. The summed E-state index contributed by atoms with van der Waals surface area (Å²) in [5.74, 6) is 0.888. The number of aromatic nitrogens is 2. The number of hydrogen-bond donors (Lipinski definition) is 3. The van der Waals surface area contributed by atoms with Crippen LogP contribution in [0.15, 0.2) is 47.5 Å². The van der Waals surface area contributed by atoms with E-state index in [9.17, 15) is 17.6 Å². The van der Waals surface area contributed by atoms with Crippen molar-refractivity contribution in [2.24, 2.45) is 5.14 Å².